The Morgan fingerprint density at radius 2 is 2.22 bits per heavy atom. The van der Waals surface area contributed by atoms with E-state index < -0.39 is 5.82 Å². The van der Waals surface area contributed by atoms with Crippen LogP contribution in [-0.2, 0) is 29.1 Å². The van der Waals surface area contributed by atoms with Crippen LogP contribution in [-0.4, -0.2) is 21.6 Å². The molecule has 0 bridgehead atoms. The number of nitrogens with one attached hydrogen (secondary N) is 1. The molecule has 0 unspecified atom stereocenters. The van der Waals surface area contributed by atoms with Crippen LogP contribution >= 0.6 is 0 Å². The van der Waals surface area contributed by atoms with Crippen molar-refractivity contribution in [1.82, 2.24) is 9.78 Å². The van der Waals surface area contributed by atoms with Gasteiger partial charge in [0.2, 0.25) is 5.91 Å². The molecular formula is C20H21FN4O2. The number of aromatic nitrogens is 2. The molecular weight excluding hydrogens is 347 g/mol. The molecule has 1 fully saturated rings. The van der Waals surface area contributed by atoms with E-state index in [1.165, 1.54) is 29.9 Å². The summed E-state index contributed by atoms with van der Waals surface area (Å²) < 4.78 is 16.7. The monoisotopic (exact) mass is 368 g/mol. The molecule has 0 atom stereocenters. The molecule has 0 saturated heterocycles. The fourth-order valence-corrected chi connectivity index (χ4v) is 3.35. The van der Waals surface area contributed by atoms with Crippen molar-refractivity contribution in [3.63, 3.8) is 0 Å². The van der Waals surface area contributed by atoms with Crippen LogP contribution in [0.1, 0.15) is 30.5 Å². The lowest BCUT2D eigenvalue weighted by Crippen LogP contribution is -2.31. The number of anilines is 2. The third-order valence-electron chi connectivity index (χ3n) is 5.05. The van der Waals surface area contributed by atoms with Crippen molar-refractivity contribution in [2.45, 2.75) is 38.8 Å². The molecule has 1 aromatic heterocycles. The second kappa shape index (κ2) is 6.98. The Hall–Kier alpha value is -2.96. The zero-order chi connectivity index (χ0) is 19.0. The van der Waals surface area contributed by atoms with Crippen LogP contribution in [0.4, 0.5) is 15.8 Å². The van der Waals surface area contributed by atoms with Gasteiger partial charge >= 0.3 is 0 Å². The van der Waals surface area contributed by atoms with Crippen molar-refractivity contribution in [3.05, 3.63) is 54.1 Å². The van der Waals surface area contributed by atoms with Crippen molar-refractivity contribution in [2.75, 3.05) is 10.2 Å². The Kier molecular flexibility index (Phi) is 4.51. The molecule has 2 amide bonds. The Labute approximate surface area is 156 Å². The number of halogens is 1. The predicted molar refractivity (Wildman–Crippen MR) is 99.7 cm³/mol. The van der Waals surface area contributed by atoms with Crippen LogP contribution < -0.4 is 10.2 Å². The highest BCUT2D eigenvalue weighted by Crippen LogP contribution is 2.33. The van der Waals surface area contributed by atoms with Crippen LogP contribution in [0.3, 0.4) is 0 Å². The van der Waals surface area contributed by atoms with E-state index >= 15 is 0 Å². The molecule has 1 aromatic carbocycles. The first-order valence-corrected chi connectivity index (χ1v) is 9.12. The maximum absolute atomic E-state index is 14.8. The normalized spacial score (nSPS) is 15.8. The lowest BCUT2D eigenvalue weighted by molar-refractivity contribution is -0.116. The van der Waals surface area contributed by atoms with E-state index in [4.69, 9.17) is 0 Å². The standard InChI is InChI=1S/C20H21FN4O2/c1-2-20(27)24(12-15-7-8-22-25(15)11-13-3-4-13)18-9-14-5-6-19(26)23-17(14)10-16(18)21/h2,7-10,13H,1,3-6,11-12H2,(H,23,26). The zero-order valence-electron chi connectivity index (χ0n) is 14.9. The second-order valence-electron chi connectivity index (χ2n) is 7.09. The summed E-state index contributed by atoms with van der Waals surface area (Å²) in [6.07, 6.45) is 6.14. The lowest BCUT2D eigenvalue weighted by Gasteiger charge is -2.25. The molecule has 2 heterocycles. The number of rotatable bonds is 6. The first-order chi connectivity index (χ1) is 13.0. The summed E-state index contributed by atoms with van der Waals surface area (Å²) in [4.78, 5) is 25.4. The molecule has 1 N–H and O–H groups in total. The van der Waals surface area contributed by atoms with Gasteiger partial charge < -0.3 is 10.2 Å². The number of amides is 2. The highest BCUT2D eigenvalue weighted by Gasteiger charge is 2.26. The number of carbonyl (C=O) groups is 2. The summed E-state index contributed by atoms with van der Waals surface area (Å²) in [5.74, 6) is -0.429. The van der Waals surface area contributed by atoms with Crippen molar-refractivity contribution >= 4 is 23.2 Å². The minimum Gasteiger partial charge on any atom is -0.326 e. The number of fused-ring (bicyclic) bond motifs is 1. The average Bonchev–Trinajstić information content (AvgIpc) is 3.36. The smallest absolute Gasteiger partial charge is 0.250 e. The summed E-state index contributed by atoms with van der Waals surface area (Å²) in [7, 11) is 0. The highest BCUT2D eigenvalue weighted by atomic mass is 19.1. The fraction of sp³-hybridized carbons (Fsp3) is 0.350. The van der Waals surface area contributed by atoms with Crippen molar-refractivity contribution in [2.24, 2.45) is 5.92 Å². The molecule has 1 saturated carbocycles. The van der Waals surface area contributed by atoms with E-state index in [0.29, 0.717) is 24.4 Å². The first kappa shape index (κ1) is 17.5. The predicted octanol–water partition coefficient (Wildman–Crippen LogP) is 3.04. The summed E-state index contributed by atoms with van der Waals surface area (Å²) in [5, 5.41) is 7.02. The topological polar surface area (TPSA) is 67.2 Å². The third-order valence-corrected chi connectivity index (χ3v) is 5.05. The molecule has 6 nitrogen and oxygen atoms in total. The van der Waals surface area contributed by atoms with Gasteiger partial charge in [-0.25, -0.2) is 4.39 Å². The number of benzene rings is 1. The molecule has 27 heavy (non-hydrogen) atoms. The van der Waals surface area contributed by atoms with E-state index in [2.05, 4.69) is 17.0 Å². The highest BCUT2D eigenvalue weighted by molar-refractivity contribution is 6.02. The van der Waals surface area contributed by atoms with Gasteiger partial charge in [0, 0.05) is 24.8 Å². The van der Waals surface area contributed by atoms with Crippen LogP contribution in [0, 0.1) is 11.7 Å². The summed E-state index contributed by atoms with van der Waals surface area (Å²) in [5.41, 5.74) is 2.33. The maximum atomic E-state index is 14.8. The SMILES string of the molecule is C=CC(=O)N(Cc1ccnn1CC1CC1)c1cc2c(cc1F)NC(=O)CC2. The number of hydrogen-bond acceptors (Lipinski definition) is 3. The van der Waals surface area contributed by atoms with Gasteiger partial charge in [0.15, 0.2) is 0 Å². The summed E-state index contributed by atoms with van der Waals surface area (Å²) >= 11 is 0. The summed E-state index contributed by atoms with van der Waals surface area (Å²) in [6.45, 7) is 4.58. The number of carbonyl (C=O) groups excluding carboxylic acids is 2. The first-order valence-electron chi connectivity index (χ1n) is 9.12. The van der Waals surface area contributed by atoms with E-state index in [1.807, 2.05) is 10.7 Å². The summed E-state index contributed by atoms with van der Waals surface area (Å²) in [6, 6.07) is 4.78. The number of nitrogens with zero attached hydrogens (tertiary/aromatic N) is 3. The molecule has 4 rings (SSSR count). The van der Waals surface area contributed by atoms with Gasteiger partial charge in [-0.2, -0.15) is 5.10 Å². The van der Waals surface area contributed by atoms with Gasteiger partial charge in [0.05, 0.1) is 17.9 Å². The van der Waals surface area contributed by atoms with E-state index in [9.17, 15) is 14.0 Å². The van der Waals surface area contributed by atoms with Gasteiger partial charge in [-0.05, 0) is 55.0 Å². The van der Waals surface area contributed by atoms with Crippen LogP contribution in [0.15, 0.2) is 37.1 Å². The molecule has 0 radical (unpaired) electrons. The molecule has 1 aliphatic heterocycles. The molecule has 1 aliphatic carbocycles. The van der Waals surface area contributed by atoms with Crippen molar-refractivity contribution in [3.8, 4) is 0 Å². The maximum Gasteiger partial charge on any atom is 0.250 e. The van der Waals surface area contributed by atoms with Crippen LogP contribution in [0.25, 0.3) is 0 Å². The van der Waals surface area contributed by atoms with Crippen molar-refractivity contribution < 1.29 is 14.0 Å². The van der Waals surface area contributed by atoms with Gasteiger partial charge in [-0.3, -0.25) is 14.3 Å². The van der Waals surface area contributed by atoms with Gasteiger partial charge in [-0.1, -0.05) is 6.58 Å². The zero-order valence-corrected chi connectivity index (χ0v) is 14.9. The van der Waals surface area contributed by atoms with Crippen molar-refractivity contribution in [1.29, 1.82) is 0 Å². The molecule has 2 aromatic rings. The van der Waals surface area contributed by atoms with Crippen LogP contribution in [0.5, 0.6) is 0 Å². The molecule has 0 spiro atoms. The Balaban J connectivity index is 1.66. The average molecular weight is 368 g/mol. The minimum atomic E-state index is -0.556. The Morgan fingerprint density at radius 3 is 2.96 bits per heavy atom. The Bertz CT molecular complexity index is 917. The quantitative estimate of drug-likeness (QED) is 0.797. The number of aryl methyl sites for hydroxylation is 1. The third kappa shape index (κ3) is 3.63. The fourth-order valence-electron chi connectivity index (χ4n) is 3.35. The van der Waals surface area contributed by atoms with Gasteiger partial charge in [0.1, 0.15) is 5.82 Å². The van der Waals surface area contributed by atoms with E-state index in [-0.39, 0.29) is 24.0 Å². The molecule has 140 valence electrons. The minimum absolute atomic E-state index is 0.127. The van der Waals surface area contributed by atoms with Gasteiger partial charge in [0.25, 0.3) is 5.91 Å². The van der Waals surface area contributed by atoms with Crippen LogP contribution in [0.2, 0.25) is 0 Å². The Morgan fingerprint density at radius 1 is 1.41 bits per heavy atom. The number of hydrogen-bond donors (Lipinski definition) is 1. The van der Waals surface area contributed by atoms with E-state index in [0.717, 1.165) is 17.8 Å². The largest absolute Gasteiger partial charge is 0.326 e. The molecule has 7 heteroatoms. The lowest BCUT2D eigenvalue weighted by atomic mass is 10.0. The van der Waals surface area contributed by atoms with E-state index in [1.54, 1.807) is 12.3 Å². The molecule has 2 aliphatic rings. The van der Waals surface area contributed by atoms with Gasteiger partial charge in [-0.15, -0.1) is 0 Å². The second-order valence-corrected chi connectivity index (χ2v) is 7.09.